The lowest BCUT2D eigenvalue weighted by atomic mass is 10.2. The minimum absolute atomic E-state index is 0.0525. The smallest absolute Gasteiger partial charge is 0.219 e. The van der Waals surface area contributed by atoms with Crippen LogP contribution >= 0.6 is 11.6 Å². The molecule has 0 aliphatic carbocycles. The number of benzene rings is 1. The zero-order valence-electron chi connectivity index (χ0n) is 7.25. The van der Waals surface area contributed by atoms with Gasteiger partial charge in [-0.05, 0) is 17.7 Å². The van der Waals surface area contributed by atoms with Crippen LogP contribution in [0.15, 0.2) is 24.3 Å². The molecule has 0 radical (unpaired) electrons. The minimum atomic E-state index is -5.22. The number of rotatable bonds is 2. The zero-order valence-corrected chi connectivity index (χ0v) is 8.83. The molecule has 0 aliphatic rings. The Hall–Kier alpha value is -0.750. The largest absolute Gasteiger partial charge is 0.497 e. The van der Waals surface area contributed by atoms with Crippen LogP contribution in [0.3, 0.4) is 0 Å². The maximum atomic E-state index is 12.0. The molecule has 0 N–H and O–H groups in total. The first-order valence-corrected chi connectivity index (χ1v) is 5.79. The van der Waals surface area contributed by atoms with Crippen molar-refractivity contribution >= 4 is 21.4 Å². The Kier molecular flexibility index (Phi) is 3.30. The molecule has 2 nitrogen and oxygen atoms in total. The molecule has 0 amide bonds. The van der Waals surface area contributed by atoms with Gasteiger partial charge in [-0.1, -0.05) is 23.7 Å². The van der Waals surface area contributed by atoms with Gasteiger partial charge in [0, 0.05) is 5.02 Å². The van der Waals surface area contributed by atoms with Crippen LogP contribution in [0.25, 0.3) is 0 Å². The van der Waals surface area contributed by atoms with Crippen molar-refractivity contribution in [3.05, 3.63) is 34.9 Å². The Balaban J connectivity index is 2.93. The predicted molar refractivity (Wildman–Crippen MR) is 50.1 cm³/mol. The molecule has 7 heteroatoms. The van der Waals surface area contributed by atoms with Gasteiger partial charge in [0.05, 0.1) is 5.75 Å². The summed E-state index contributed by atoms with van der Waals surface area (Å²) in [5.41, 5.74) is -5.16. The molecule has 0 aliphatic heterocycles. The van der Waals surface area contributed by atoms with E-state index < -0.39 is 21.1 Å². The molecule has 1 aromatic carbocycles. The summed E-state index contributed by atoms with van der Waals surface area (Å²) in [6.07, 6.45) is 0. The summed E-state index contributed by atoms with van der Waals surface area (Å²) in [4.78, 5) is 0. The van der Waals surface area contributed by atoms with Gasteiger partial charge in [-0.2, -0.15) is 13.2 Å². The van der Waals surface area contributed by atoms with E-state index in [0.717, 1.165) is 0 Å². The molecule has 0 aromatic heterocycles. The number of hydrogen-bond donors (Lipinski definition) is 0. The van der Waals surface area contributed by atoms with Crippen LogP contribution < -0.4 is 0 Å². The molecule has 0 unspecified atom stereocenters. The van der Waals surface area contributed by atoms with Crippen LogP contribution in [-0.2, 0) is 15.6 Å². The van der Waals surface area contributed by atoms with Gasteiger partial charge in [0.25, 0.3) is 9.84 Å². The fraction of sp³-hybridized carbons (Fsp3) is 0.250. The fourth-order valence-electron chi connectivity index (χ4n) is 0.882. The molecule has 0 saturated heterocycles. The Labute approximate surface area is 89.6 Å². The predicted octanol–water partition coefficient (Wildman–Crippen LogP) is 2.77. The molecule has 0 fully saturated rings. The quantitative estimate of drug-likeness (QED) is 0.817. The summed E-state index contributed by atoms with van der Waals surface area (Å²) in [5, 5.41) is 0.336. The van der Waals surface area contributed by atoms with Gasteiger partial charge in [-0.3, -0.25) is 0 Å². The van der Waals surface area contributed by atoms with E-state index in [1.165, 1.54) is 24.3 Å². The average molecular weight is 259 g/mol. The molecule has 1 aromatic rings. The van der Waals surface area contributed by atoms with Crippen molar-refractivity contribution in [2.24, 2.45) is 0 Å². The highest BCUT2D eigenvalue weighted by Crippen LogP contribution is 2.26. The van der Waals surface area contributed by atoms with Crippen LogP contribution in [0.5, 0.6) is 0 Å². The van der Waals surface area contributed by atoms with E-state index in [9.17, 15) is 21.6 Å². The summed E-state index contributed by atoms with van der Waals surface area (Å²) in [6.45, 7) is 0. The number of alkyl halides is 3. The topological polar surface area (TPSA) is 34.1 Å². The lowest BCUT2D eigenvalue weighted by Crippen LogP contribution is -2.24. The van der Waals surface area contributed by atoms with Gasteiger partial charge < -0.3 is 0 Å². The molecule has 84 valence electrons. The Morgan fingerprint density at radius 3 is 2.00 bits per heavy atom. The molecule has 15 heavy (non-hydrogen) atoms. The third kappa shape index (κ3) is 3.10. The molecule has 0 atom stereocenters. The van der Waals surface area contributed by atoms with Gasteiger partial charge in [-0.15, -0.1) is 0 Å². The molecular formula is C8H6ClF3O2S. The highest BCUT2D eigenvalue weighted by atomic mass is 35.5. The second-order valence-corrected chi connectivity index (χ2v) is 5.25. The first-order chi connectivity index (χ1) is 6.72. The molecule has 0 heterocycles. The van der Waals surface area contributed by atoms with Crippen molar-refractivity contribution in [3.63, 3.8) is 0 Å². The van der Waals surface area contributed by atoms with E-state index in [0.29, 0.717) is 5.02 Å². The Morgan fingerprint density at radius 2 is 1.60 bits per heavy atom. The second kappa shape index (κ2) is 4.02. The van der Waals surface area contributed by atoms with E-state index in [2.05, 4.69) is 0 Å². The van der Waals surface area contributed by atoms with Gasteiger partial charge >= 0.3 is 5.51 Å². The van der Waals surface area contributed by atoms with Crippen LogP contribution in [-0.4, -0.2) is 13.9 Å². The third-order valence-corrected chi connectivity index (χ3v) is 3.29. The van der Waals surface area contributed by atoms with E-state index in [-0.39, 0.29) is 5.56 Å². The second-order valence-electron chi connectivity index (χ2n) is 2.83. The summed E-state index contributed by atoms with van der Waals surface area (Å²) in [6, 6.07) is 5.16. The van der Waals surface area contributed by atoms with E-state index in [1.807, 2.05) is 0 Å². The standard InChI is InChI=1S/C8H6ClF3O2S/c9-7-3-1-6(2-4-7)5-15(13,14)8(10,11)12/h1-4H,5H2. The monoisotopic (exact) mass is 258 g/mol. The van der Waals surface area contributed by atoms with Crippen molar-refractivity contribution in [3.8, 4) is 0 Å². The summed E-state index contributed by atoms with van der Waals surface area (Å²) in [5.74, 6) is -1.06. The van der Waals surface area contributed by atoms with Gasteiger partial charge in [0.1, 0.15) is 0 Å². The molecule has 0 saturated carbocycles. The maximum Gasteiger partial charge on any atom is 0.497 e. The van der Waals surface area contributed by atoms with Gasteiger partial charge in [0.2, 0.25) is 0 Å². The first-order valence-electron chi connectivity index (χ1n) is 3.76. The van der Waals surface area contributed by atoms with Crippen molar-refractivity contribution in [1.82, 2.24) is 0 Å². The van der Waals surface area contributed by atoms with Gasteiger partial charge in [-0.25, -0.2) is 8.42 Å². The van der Waals surface area contributed by atoms with Crippen molar-refractivity contribution in [1.29, 1.82) is 0 Å². The number of sulfone groups is 1. The summed E-state index contributed by atoms with van der Waals surface area (Å²) >= 11 is 5.50. The lowest BCUT2D eigenvalue weighted by molar-refractivity contribution is -0.0437. The first kappa shape index (κ1) is 12.3. The zero-order chi connectivity index (χ0) is 11.7. The van der Waals surface area contributed by atoms with Crippen molar-refractivity contribution in [2.45, 2.75) is 11.3 Å². The van der Waals surface area contributed by atoms with E-state index in [4.69, 9.17) is 11.6 Å². The normalized spacial score (nSPS) is 12.8. The lowest BCUT2D eigenvalue weighted by Gasteiger charge is -2.07. The Morgan fingerprint density at radius 1 is 1.13 bits per heavy atom. The van der Waals surface area contributed by atoms with Crippen LogP contribution in [0.4, 0.5) is 13.2 Å². The molecule has 1 rings (SSSR count). The van der Waals surface area contributed by atoms with Gasteiger partial charge in [0.15, 0.2) is 0 Å². The van der Waals surface area contributed by atoms with Crippen molar-refractivity contribution < 1.29 is 21.6 Å². The highest BCUT2D eigenvalue weighted by molar-refractivity contribution is 7.91. The SMILES string of the molecule is O=S(=O)(Cc1ccc(Cl)cc1)C(F)(F)F. The number of hydrogen-bond acceptors (Lipinski definition) is 2. The van der Waals surface area contributed by atoms with Crippen molar-refractivity contribution in [2.75, 3.05) is 0 Å². The van der Waals surface area contributed by atoms with E-state index in [1.54, 1.807) is 0 Å². The fourth-order valence-corrected chi connectivity index (χ4v) is 1.80. The number of halogens is 4. The minimum Gasteiger partial charge on any atom is -0.219 e. The van der Waals surface area contributed by atoms with Crippen LogP contribution in [0.1, 0.15) is 5.56 Å². The molecule has 0 spiro atoms. The van der Waals surface area contributed by atoms with E-state index >= 15 is 0 Å². The summed E-state index contributed by atoms with van der Waals surface area (Å²) in [7, 11) is -5.11. The third-order valence-electron chi connectivity index (χ3n) is 1.62. The molecular weight excluding hydrogens is 253 g/mol. The average Bonchev–Trinajstić information content (AvgIpc) is 2.06. The maximum absolute atomic E-state index is 12.0. The summed E-state index contributed by atoms with van der Waals surface area (Å²) < 4.78 is 57.4. The highest BCUT2D eigenvalue weighted by Gasteiger charge is 2.45. The van der Waals surface area contributed by atoms with Crippen LogP contribution in [0.2, 0.25) is 5.02 Å². The molecule has 0 bridgehead atoms. The Bertz CT molecular complexity index is 436. The van der Waals surface area contributed by atoms with Crippen LogP contribution in [0, 0.1) is 0 Å².